The van der Waals surface area contributed by atoms with E-state index >= 15 is 0 Å². The van der Waals surface area contributed by atoms with Gasteiger partial charge in [-0.1, -0.05) is 121 Å². The molecule has 0 saturated heterocycles. The third-order valence-corrected chi connectivity index (χ3v) is 7.65. The van der Waals surface area contributed by atoms with Gasteiger partial charge in [-0.05, 0) is 35.0 Å². The zero-order valence-electron chi connectivity index (χ0n) is 22.1. The second-order valence-corrected chi connectivity index (χ2v) is 10.1. The summed E-state index contributed by atoms with van der Waals surface area (Å²) in [6.07, 6.45) is 0. The van der Waals surface area contributed by atoms with E-state index in [4.69, 9.17) is 15.0 Å². The van der Waals surface area contributed by atoms with Gasteiger partial charge in [0.15, 0.2) is 17.5 Å². The Kier molecular flexibility index (Phi) is 5.42. The number of hydrogen-bond donors (Lipinski definition) is 0. The first-order chi connectivity index (χ1) is 20.3. The van der Waals surface area contributed by atoms with Crippen LogP contribution in [0.25, 0.3) is 72.4 Å². The number of para-hydroxylation sites is 2. The lowest BCUT2D eigenvalue weighted by Crippen LogP contribution is -2.03. The fraction of sp³-hybridized carbons (Fsp3) is 0. The molecule has 2 aromatic heterocycles. The van der Waals surface area contributed by atoms with Crippen LogP contribution in [0.1, 0.15) is 0 Å². The Morgan fingerprint density at radius 2 is 0.951 bits per heavy atom. The topological polar surface area (TPSA) is 43.6 Å². The van der Waals surface area contributed by atoms with Crippen LogP contribution in [-0.2, 0) is 0 Å². The molecule has 192 valence electrons. The number of nitrogens with zero attached hydrogens (tertiary/aromatic N) is 4. The predicted molar refractivity (Wildman–Crippen MR) is 168 cm³/mol. The number of benzene rings is 6. The predicted octanol–water partition coefficient (Wildman–Crippen LogP) is 9.12. The van der Waals surface area contributed by atoms with E-state index in [0.717, 1.165) is 33.4 Å². The van der Waals surface area contributed by atoms with Crippen molar-refractivity contribution in [1.82, 2.24) is 19.5 Å². The fourth-order valence-corrected chi connectivity index (χ4v) is 5.79. The molecule has 0 aliphatic heterocycles. The smallest absolute Gasteiger partial charge is 0.166 e. The van der Waals surface area contributed by atoms with Crippen LogP contribution in [0.4, 0.5) is 0 Å². The van der Waals surface area contributed by atoms with E-state index in [0.29, 0.717) is 17.5 Å². The van der Waals surface area contributed by atoms with Crippen molar-refractivity contribution in [3.63, 3.8) is 0 Å². The van der Waals surface area contributed by atoms with Crippen molar-refractivity contribution in [1.29, 1.82) is 0 Å². The Balaban J connectivity index is 1.43. The standard InChI is InChI=1S/C37H24N4/c1-3-14-26(15-4-1)35-38-36(27-16-5-2-6-17-27)40-37(39-35)30-20-10-12-22-32(30)41-31-21-11-9-19-29(31)34-28-18-8-7-13-25(28)23-24-33(34)41/h1-24H. The van der Waals surface area contributed by atoms with Gasteiger partial charge in [-0.3, -0.25) is 0 Å². The Bertz CT molecular complexity index is 2140. The Morgan fingerprint density at radius 1 is 0.390 bits per heavy atom. The van der Waals surface area contributed by atoms with Crippen LogP contribution in [0.5, 0.6) is 0 Å². The van der Waals surface area contributed by atoms with Gasteiger partial charge in [0.05, 0.1) is 16.7 Å². The quantitative estimate of drug-likeness (QED) is 0.231. The van der Waals surface area contributed by atoms with Gasteiger partial charge in [0.1, 0.15) is 0 Å². The molecule has 0 bridgehead atoms. The van der Waals surface area contributed by atoms with Crippen molar-refractivity contribution >= 4 is 32.6 Å². The lowest BCUT2D eigenvalue weighted by Gasteiger charge is -2.14. The molecule has 0 spiro atoms. The van der Waals surface area contributed by atoms with Gasteiger partial charge in [0, 0.05) is 27.5 Å². The third kappa shape index (κ3) is 3.88. The van der Waals surface area contributed by atoms with Crippen molar-refractivity contribution < 1.29 is 0 Å². The van der Waals surface area contributed by atoms with E-state index in [1.165, 1.54) is 21.5 Å². The summed E-state index contributed by atoms with van der Waals surface area (Å²) < 4.78 is 2.35. The van der Waals surface area contributed by atoms with Crippen molar-refractivity contribution in [2.45, 2.75) is 0 Å². The second-order valence-electron chi connectivity index (χ2n) is 10.1. The molecule has 8 aromatic rings. The summed E-state index contributed by atoms with van der Waals surface area (Å²) >= 11 is 0. The lowest BCUT2D eigenvalue weighted by molar-refractivity contribution is 1.06. The zero-order chi connectivity index (χ0) is 27.2. The van der Waals surface area contributed by atoms with Gasteiger partial charge >= 0.3 is 0 Å². The highest BCUT2D eigenvalue weighted by molar-refractivity contribution is 6.21. The van der Waals surface area contributed by atoms with Crippen LogP contribution < -0.4 is 0 Å². The maximum atomic E-state index is 5.04. The van der Waals surface area contributed by atoms with Crippen LogP contribution in [0.15, 0.2) is 146 Å². The zero-order valence-corrected chi connectivity index (χ0v) is 22.1. The summed E-state index contributed by atoms with van der Waals surface area (Å²) in [5.74, 6) is 1.94. The van der Waals surface area contributed by atoms with Crippen molar-refractivity contribution in [3.05, 3.63) is 146 Å². The summed E-state index contributed by atoms with van der Waals surface area (Å²) in [6.45, 7) is 0. The second kappa shape index (κ2) is 9.54. The molecular formula is C37H24N4. The fourth-order valence-electron chi connectivity index (χ4n) is 5.79. The minimum absolute atomic E-state index is 0.639. The minimum atomic E-state index is 0.639. The first kappa shape index (κ1) is 23.3. The monoisotopic (exact) mass is 524 g/mol. The molecule has 0 aliphatic carbocycles. The van der Waals surface area contributed by atoms with Gasteiger partial charge in [-0.2, -0.15) is 0 Å². The molecule has 8 rings (SSSR count). The normalized spacial score (nSPS) is 11.4. The van der Waals surface area contributed by atoms with E-state index < -0.39 is 0 Å². The number of hydrogen-bond acceptors (Lipinski definition) is 3. The summed E-state index contributed by atoms with van der Waals surface area (Å²) in [6, 6.07) is 50.3. The summed E-state index contributed by atoms with van der Waals surface area (Å²) in [7, 11) is 0. The third-order valence-electron chi connectivity index (χ3n) is 7.65. The van der Waals surface area contributed by atoms with E-state index in [-0.39, 0.29) is 0 Å². The van der Waals surface area contributed by atoms with Crippen molar-refractivity contribution in [2.75, 3.05) is 0 Å². The van der Waals surface area contributed by atoms with E-state index in [1.54, 1.807) is 0 Å². The average molecular weight is 525 g/mol. The highest BCUT2D eigenvalue weighted by atomic mass is 15.1. The lowest BCUT2D eigenvalue weighted by atomic mass is 10.0. The molecule has 6 aromatic carbocycles. The van der Waals surface area contributed by atoms with Crippen LogP contribution in [0.2, 0.25) is 0 Å². The Morgan fingerprint density at radius 3 is 1.68 bits per heavy atom. The van der Waals surface area contributed by atoms with Crippen LogP contribution >= 0.6 is 0 Å². The SMILES string of the molecule is c1ccc(-c2nc(-c3ccccc3)nc(-c3ccccc3-n3c4ccccc4c4c5ccccc5ccc43)n2)cc1. The number of aromatic nitrogens is 4. The maximum Gasteiger partial charge on any atom is 0.166 e. The summed E-state index contributed by atoms with van der Waals surface area (Å²) in [5, 5.41) is 4.95. The Hall–Kier alpha value is -5.61. The summed E-state index contributed by atoms with van der Waals surface area (Å²) in [4.78, 5) is 15.0. The molecule has 0 fully saturated rings. The number of rotatable bonds is 4. The van der Waals surface area contributed by atoms with E-state index in [2.05, 4.69) is 89.5 Å². The molecule has 41 heavy (non-hydrogen) atoms. The maximum absolute atomic E-state index is 5.04. The van der Waals surface area contributed by atoms with Gasteiger partial charge in [-0.25, -0.2) is 15.0 Å². The van der Waals surface area contributed by atoms with Crippen LogP contribution in [0.3, 0.4) is 0 Å². The van der Waals surface area contributed by atoms with Crippen LogP contribution in [0, 0.1) is 0 Å². The highest BCUT2D eigenvalue weighted by Gasteiger charge is 2.19. The molecule has 4 nitrogen and oxygen atoms in total. The first-order valence-electron chi connectivity index (χ1n) is 13.7. The molecule has 0 saturated carbocycles. The number of fused-ring (bicyclic) bond motifs is 5. The first-order valence-corrected chi connectivity index (χ1v) is 13.7. The highest BCUT2D eigenvalue weighted by Crippen LogP contribution is 2.39. The van der Waals surface area contributed by atoms with Gasteiger partial charge < -0.3 is 4.57 Å². The molecule has 0 radical (unpaired) electrons. The van der Waals surface area contributed by atoms with Gasteiger partial charge in [0.2, 0.25) is 0 Å². The molecular weight excluding hydrogens is 500 g/mol. The van der Waals surface area contributed by atoms with Crippen molar-refractivity contribution in [3.8, 4) is 39.9 Å². The van der Waals surface area contributed by atoms with Gasteiger partial charge in [0.25, 0.3) is 0 Å². The molecule has 0 atom stereocenters. The molecule has 0 unspecified atom stereocenters. The summed E-state index contributed by atoms with van der Waals surface area (Å²) in [5.41, 5.74) is 6.17. The van der Waals surface area contributed by atoms with Crippen LogP contribution in [-0.4, -0.2) is 19.5 Å². The molecule has 4 heteroatoms. The van der Waals surface area contributed by atoms with Gasteiger partial charge in [-0.15, -0.1) is 0 Å². The van der Waals surface area contributed by atoms with Crippen molar-refractivity contribution in [2.24, 2.45) is 0 Å². The van der Waals surface area contributed by atoms with E-state index in [9.17, 15) is 0 Å². The largest absolute Gasteiger partial charge is 0.308 e. The Labute approximate surface area is 237 Å². The molecule has 2 heterocycles. The van der Waals surface area contributed by atoms with E-state index in [1.807, 2.05) is 60.7 Å². The molecule has 0 aliphatic rings. The minimum Gasteiger partial charge on any atom is -0.308 e. The molecule has 0 amide bonds. The molecule has 0 N–H and O–H groups in total. The average Bonchev–Trinajstić information content (AvgIpc) is 3.40.